The van der Waals surface area contributed by atoms with E-state index in [1.54, 1.807) is 0 Å². The zero-order valence-electron chi connectivity index (χ0n) is 32.6. The van der Waals surface area contributed by atoms with Gasteiger partial charge in [-0.3, -0.25) is 14.1 Å². The average molecular weight is 731 g/mol. The highest BCUT2D eigenvalue weighted by Gasteiger charge is 2.22. The molecule has 2 N–H and O–H groups in total. The third-order valence-corrected chi connectivity index (χ3v) is 9.77. The number of allylic oxidation sites excluding steroid dienone is 2. The van der Waals surface area contributed by atoms with Gasteiger partial charge >= 0.3 is 19.8 Å². The second kappa shape index (κ2) is 37.5. The van der Waals surface area contributed by atoms with E-state index in [9.17, 15) is 14.2 Å². The van der Waals surface area contributed by atoms with Crippen LogP contribution >= 0.6 is 7.82 Å². The standard InChI is InChI=1S/C41H79O8P/c1-3-5-7-9-11-13-15-17-18-19-20-21-22-24-25-27-29-31-33-35-40(42)47-37-39(38-48-50(44,45)46)49-41(43)36-34-32-30-28-26-23-16-14-12-10-8-6-4-2/h19-20,39H,3-18,21-38H2,1-2H3,(H2,44,45,46)/b20-19-/t39-/m1/s1. The summed E-state index contributed by atoms with van der Waals surface area (Å²) in [4.78, 5) is 42.8. The lowest BCUT2D eigenvalue weighted by Gasteiger charge is -2.18. The van der Waals surface area contributed by atoms with E-state index in [-0.39, 0.29) is 19.4 Å². The largest absolute Gasteiger partial charge is 0.469 e. The molecule has 0 bridgehead atoms. The summed E-state index contributed by atoms with van der Waals surface area (Å²) in [6, 6.07) is 0. The molecule has 0 aliphatic rings. The number of carbonyl (C=O) groups excluding carboxylic acids is 2. The Hall–Kier alpha value is -1.21. The van der Waals surface area contributed by atoms with Crippen LogP contribution in [-0.2, 0) is 28.2 Å². The molecule has 0 aromatic carbocycles. The molecule has 0 fully saturated rings. The minimum Gasteiger partial charge on any atom is -0.462 e. The first-order chi connectivity index (χ1) is 24.3. The third-order valence-electron chi connectivity index (χ3n) is 9.28. The molecular weight excluding hydrogens is 651 g/mol. The molecule has 0 aliphatic heterocycles. The quantitative estimate of drug-likeness (QED) is 0.0278. The monoisotopic (exact) mass is 731 g/mol. The molecule has 0 radical (unpaired) electrons. The maximum absolute atomic E-state index is 12.4. The summed E-state index contributed by atoms with van der Waals surface area (Å²) in [6.45, 7) is 3.70. The topological polar surface area (TPSA) is 119 Å². The maximum Gasteiger partial charge on any atom is 0.469 e. The number of phosphoric acid groups is 1. The Bertz CT molecular complexity index is 827. The van der Waals surface area contributed by atoms with Crippen LogP contribution in [-0.4, -0.2) is 41.0 Å². The summed E-state index contributed by atoms with van der Waals surface area (Å²) in [5.74, 6) is -0.879. The number of hydrogen-bond acceptors (Lipinski definition) is 6. The van der Waals surface area contributed by atoms with Crippen molar-refractivity contribution in [2.24, 2.45) is 0 Å². The van der Waals surface area contributed by atoms with Crippen molar-refractivity contribution >= 4 is 19.8 Å². The van der Waals surface area contributed by atoms with Gasteiger partial charge in [0.25, 0.3) is 0 Å². The van der Waals surface area contributed by atoms with Gasteiger partial charge in [0.05, 0.1) is 6.61 Å². The van der Waals surface area contributed by atoms with E-state index in [1.165, 1.54) is 135 Å². The smallest absolute Gasteiger partial charge is 0.462 e. The molecule has 0 spiro atoms. The van der Waals surface area contributed by atoms with Crippen molar-refractivity contribution in [3.05, 3.63) is 12.2 Å². The lowest BCUT2D eigenvalue weighted by atomic mass is 10.0. The lowest BCUT2D eigenvalue weighted by molar-refractivity contribution is -0.161. The summed E-state index contributed by atoms with van der Waals surface area (Å²) in [7, 11) is -4.75. The van der Waals surface area contributed by atoms with Crippen LogP contribution in [0.1, 0.15) is 219 Å². The normalized spacial score (nSPS) is 12.5. The van der Waals surface area contributed by atoms with Crippen LogP contribution in [0.4, 0.5) is 0 Å². The summed E-state index contributed by atoms with van der Waals surface area (Å²) >= 11 is 0. The Morgan fingerprint density at radius 3 is 1.22 bits per heavy atom. The van der Waals surface area contributed by atoms with Gasteiger partial charge in [-0.2, -0.15) is 0 Å². The molecule has 0 unspecified atom stereocenters. The maximum atomic E-state index is 12.4. The van der Waals surface area contributed by atoms with Gasteiger partial charge in [0.2, 0.25) is 0 Å². The van der Waals surface area contributed by atoms with Gasteiger partial charge in [-0.1, -0.05) is 180 Å². The molecule has 0 aromatic rings. The molecule has 0 rings (SSSR count). The molecule has 0 aromatic heterocycles. The fraction of sp³-hybridized carbons (Fsp3) is 0.902. The number of phosphoric ester groups is 1. The fourth-order valence-corrected chi connectivity index (χ4v) is 6.49. The molecule has 0 heterocycles. The van der Waals surface area contributed by atoms with E-state index in [1.807, 2.05) is 0 Å². The number of unbranched alkanes of at least 4 members (excludes halogenated alkanes) is 27. The predicted octanol–water partition coefficient (Wildman–Crippen LogP) is 12.6. The number of rotatable bonds is 39. The predicted molar refractivity (Wildman–Crippen MR) is 207 cm³/mol. The molecule has 1 atom stereocenters. The first-order valence-electron chi connectivity index (χ1n) is 21.0. The van der Waals surface area contributed by atoms with Crippen molar-refractivity contribution in [3.8, 4) is 0 Å². The van der Waals surface area contributed by atoms with Crippen molar-refractivity contribution in [2.75, 3.05) is 13.2 Å². The highest BCUT2D eigenvalue weighted by atomic mass is 31.2. The SMILES string of the molecule is CCCCCCCCCC/C=C\CCCCCCCCCC(=O)OC[C@H](COP(=O)(O)O)OC(=O)CCCCCCCCCCCCCCC. The molecule has 50 heavy (non-hydrogen) atoms. The van der Waals surface area contributed by atoms with Crippen LogP contribution in [0.25, 0.3) is 0 Å². The van der Waals surface area contributed by atoms with E-state index in [0.717, 1.165) is 51.4 Å². The second-order valence-corrected chi connectivity index (χ2v) is 15.6. The van der Waals surface area contributed by atoms with E-state index in [0.29, 0.717) is 6.42 Å². The van der Waals surface area contributed by atoms with E-state index in [4.69, 9.17) is 19.3 Å². The molecule has 9 heteroatoms. The van der Waals surface area contributed by atoms with Gasteiger partial charge in [0.15, 0.2) is 6.10 Å². The van der Waals surface area contributed by atoms with E-state index < -0.39 is 32.5 Å². The molecular formula is C41H79O8P. The van der Waals surface area contributed by atoms with Crippen molar-refractivity contribution in [1.82, 2.24) is 0 Å². The summed E-state index contributed by atoms with van der Waals surface area (Å²) in [6.07, 6.45) is 40.8. The van der Waals surface area contributed by atoms with Crippen molar-refractivity contribution in [3.63, 3.8) is 0 Å². The highest BCUT2D eigenvalue weighted by Crippen LogP contribution is 2.36. The Morgan fingerprint density at radius 2 is 0.840 bits per heavy atom. The zero-order chi connectivity index (χ0) is 36.8. The van der Waals surface area contributed by atoms with Gasteiger partial charge in [-0.15, -0.1) is 0 Å². The van der Waals surface area contributed by atoms with Crippen molar-refractivity contribution in [1.29, 1.82) is 0 Å². The summed E-state index contributed by atoms with van der Waals surface area (Å²) < 4.78 is 26.4. The van der Waals surface area contributed by atoms with Crippen LogP contribution in [0.15, 0.2) is 12.2 Å². The molecule has 0 saturated heterocycles. The van der Waals surface area contributed by atoms with Crippen molar-refractivity contribution < 1.29 is 37.9 Å². The Balaban J connectivity index is 3.87. The zero-order valence-corrected chi connectivity index (χ0v) is 33.5. The van der Waals surface area contributed by atoms with Crippen LogP contribution in [0.3, 0.4) is 0 Å². The van der Waals surface area contributed by atoms with Gasteiger partial charge < -0.3 is 19.3 Å². The minimum absolute atomic E-state index is 0.216. The van der Waals surface area contributed by atoms with Crippen LogP contribution in [0, 0.1) is 0 Å². The van der Waals surface area contributed by atoms with Gasteiger partial charge in [0, 0.05) is 12.8 Å². The first kappa shape index (κ1) is 48.8. The van der Waals surface area contributed by atoms with E-state index in [2.05, 4.69) is 30.5 Å². The van der Waals surface area contributed by atoms with Gasteiger partial charge in [-0.05, 0) is 38.5 Å². The molecule has 0 amide bonds. The Morgan fingerprint density at radius 1 is 0.500 bits per heavy atom. The molecule has 296 valence electrons. The van der Waals surface area contributed by atoms with Gasteiger partial charge in [0.1, 0.15) is 6.61 Å². The number of esters is 2. The molecule has 0 saturated carbocycles. The second-order valence-electron chi connectivity index (χ2n) is 14.3. The lowest BCUT2D eigenvalue weighted by Crippen LogP contribution is -2.29. The summed E-state index contributed by atoms with van der Waals surface area (Å²) in [5.41, 5.74) is 0. The minimum atomic E-state index is -4.75. The molecule has 8 nitrogen and oxygen atoms in total. The summed E-state index contributed by atoms with van der Waals surface area (Å²) in [5, 5.41) is 0. The van der Waals surface area contributed by atoms with Crippen molar-refractivity contribution in [2.45, 2.75) is 225 Å². The Labute approximate surface area is 307 Å². The number of hydrogen-bond donors (Lipinski definition) is 2. The fourth-order valence-electron chi connectivity index (χ4n) is 6.13. The van der Waals surface area contributed by atoms with Gasteiger partial charge in [-0.25, -0.2) is 4.57 Å². The third kappa shape index (κ3) is 39.6. The Kier molecular flexibility index (Phi) is 36.6. The van der Waals surface area contributed by atoms with Crippen LogP contribution in [0.2, 0.25) is 0 Å². The first-order valence-corrected chi connectivity index (χ1v) is 22.5. The van der Waals surface area contributed by atoms with Crippen LogP contribution in [0.5, 0.6) is 0 Å². The highest BCUT2D eigenvalue weighted by molar-refractivity contribution is 7.46. The average Bonchev–Trinajstić information content (AvgIpc) is 3.08. The number of ether oxygens (including phenoxy) is 2. The number of carbonyl (C=O) groups is 2. The van der Waals surface area contributed by atoms with Crippen LogP contribution < -0.4 is 0 Å². The molecule has 0 aliphatic carbocycles. The van der Waals surface area contributed by atoms with E-state index >= 15 is 0 Å².